The molecule has 186 valence electrons. The molecule has 2 aromatic rings. The number of aromatic nitrogens is 2. The molecule has 3 heterocycles. The summed E-state index contributed by atoms with van der Waals surface area (Å²) in [5, 5.41) is 9.86. The zero-order valence-corrected chi connectivity index (χ0v) is 21.0. The number of carbonyl (C=O) groups excluding carboxylic acids is 1. The number of ether oxygens (including phenoxy) is 1. The molecule has 3 atom stereocenters. The van der Waals surface area contributed by atoms with E-state index < -0.39 is 0 Å². The van der Waals surface area contributed by atoms with Crippen molar-refractivity contribution in [1.29, 1.82) is 0 Å². The second kappa shape index (κ2) is 11.7. The molecule has 1 fully saturated rings. The van der Waals surface area contributed by atoms with Crippen molar-refractivity contribution in [3.05, 3.63) is 53.5 Å². The van der Waals surface area contributed by atoms with Gasteiger partial charge >= 0.3 is 0 Å². The number of rotatable bonds is 6. The fourth-order valence-electron chi connectivity index (χ4n) is 4.82. The Morgan fingerprint density at radius 1 is 1.29 bits per heavy atom. The zero-order chi connectivity index (χ0) is 24.8. The van der Waals surface area contributed by atoms with Gasteiger partial charge in [-0.1, -0.05) is 31.6 Å². The summed E-state index contributed by atoms with van der Waals surface area (Å²) < 4.78 is 6.40. The van der Waals surface area contributed by atoms with Gasteiger partial charge in [0.05, 0.1) is 12.6 Å². The van der Waals surface area contributed by atoms with Gasteiger partial charge in [-0.2, -0.15) is 0 Å². The molecule has 7 nitrogen and oxygen atoms in total. The van der Waals surface area contributed by atoms with E-state index in [1.54, 1.807) is 29.6 Å². The second-order valence-electron chi connectivity index (χ2n) is 10.0. The molecule has 35 heavy (non-hydrogen) atoms. The van der Waals surface area contributed by atoms with E-state index in [2.05, 4.69) is 40.7 Å². The third-order valence-corrected chi connectivity index (χ3v) is 6.99. The average molecular weight is 477 g/mol. The minimum absolute atomic E-state index is 0.0459. The molecular formula is C28H36N4O3. The van der Waals surface area contributed by atoms with E-state index >= 15 is 0 Å². The van der Waals surface area contributed by atoms with E-state index in [-0.39, 0.29) is 30.6 Å². The van der Waals surface area contributed by atoms with Gasteiger partial charge < -0.3 is 14.7 Å². The lowest BCUT2D eigenvalue weighted by Gasteiger charge is -2.37. The average Bonchev–Trinajstić information content (AvgIpc) is 3.39. The summed E-state index contributed by atoms with van der Waals surface area (Å²) in [6.45, 7) is 5.78. The molecule has 0 saturated heterocycles. The van der Waals surface area contributed by atoms with E-state index in [0.29, 0.717) is 30.5 Å². The van der Waals surface area contributed by atoms with Gasteiger partial charge in [0.1, 0.15) is 11.7 Å². The Morgan fingerprint density at radius 3 is 2.74 bits per heavy atom. The standard InChI is InChI=1S/C28H36N4O3/c1-20-16-32(21(2)19-33)28(34)25-14-24(9-8-22-6-4-5-7-22)15-30-27(25)35-26(20)18-31(3)17-23-10-12-29-13-11-23/h10-15,20-22,26,33H,4-7,16-19H2,1-3H3/t20-,21-,26-/m1/s1. The maximum Gasteiger partial charge on any atom is 0.259 e. The van der Waals surface area contributed by atoms with Gasteiger partial charge in [-0.3, -0.25) is 14.7 Å². The summed E-state index contributed by atoms with van der Waals surface area (Å²) in [5.41, 5.74) is 2.32. The Labute approximate surface area is 208 Å². The summed E-state index contributed by atoms with van der Waals surface area (Å²) >= 11 is 0. The van der Waals surface area contributed by atoms with Crippen LogP contribution in [0.5, 0.6) is 5.88 Å². The topological polar surface area (TPSA) is 78.8 Å². The van der Waals surface area contributed by atoms with Gasteiger partial charge in [-0.05, 0) is 50.6 Å². The van der Waals surface area contributed by atoms with Gasteiger partial charge in [-0.15, -0.1) is 0 Å². The number of pyridine rings is 2. The lowest BCUT2D eigenvalue weighted by molar-refractivity contribution is 0.0325. The smallest absolute Gasteiger partial charge is 0.259 e. The lowest BCUT2D eigenvalue weighted by atomic mass is 9.99. The van der Waals surface area contributed by atoms with Crippen LogP contribution in [0.3, 0.4) is 0 Å². The van der Waals surface area contributed by atoms with Crippen molar-refractivity contribution in [2.75, 3.05) is 26.7 Å². The third-order valence-electron chi connectivity index (χ3n) is 6.99. The number of hydrogen-bond donors (Lipinski definition) is 1. The van der Waals surface area contributed by atoms with Crippen LogP contribution in [0.2, 0.25) is 0 Å². The van der Waals surface area contributed by atoms with E-state index in [1.807, 2.05) is 19.1 Å². The highest BCUT2D eigenvalue weighted by Gasteiger charge is 2.34. The first kappa shape index (κ1) is 25.2. The maximum atomic E-state index is 13.5. The molecule has 0 unspecified atom stereocenters. The van der Waals surface area contributed by atoms with Crippen LogP contribution >= 0.6 is 0 Å². The van der Waals surface area contributed by atoms with Crippen LogP contribution in [0.25, 0.3) is 0 Å². The van der Waals surface area contributed by atoms with Gasteiger partial charge in [0.2, 0.25) is 5.88 Å². The fraction of sp³-hybridized carbons (Fsp3) is 0.536. The lowest BCUT2D eigenvalue weighted by Crippen LogP contribution is -2.49. The first-order valence-electron chi connectivity index (χ1n) is 12.6. The van der Waals surface area contributed by atoms with Gasteiger partial charge in [0.15, 0.2) is 0 Å². The Kier molecular flexibility index (Phi) is 8.37. The highest BCUT2D eigenvalue weighted by Crippen LogP contribution is 2.28. The molecule has 0 aromatic carbocycles. The number of amides is 1. The molecule has 1 N–H and O–H groups in total. The Morgan fingerprint density at radius 2 is 2.03 bits per heavy atom. The normalized spacial score (nSPS) is 21.5. The van der Waals surface area contributed by atoms with Gasteiger partial charge in [-0.25, -0.2) is 4.98 Å². The highest BCUT2D eigenvalue weighted by atomic mass is 16.5. The van der Waals surface area contributed by atoms with E-state index in [0.717, 1.165) is 24.9 Å². The Hall–Kier alpha value is -2.95. The SMILES string of the molecule is C[C@@H]1CN([C@H](C)CO)C(=O)c2cc(C#CC3CCCC3)cnc2O[C@@H]1CN(C)Cc1ccncc1. The van der Waals surface area contributed by atoms with Crippen molar-refractivity contribution in [2.45, 2.75) is 58.2 Å². The summed E-state index contributed by atoms with van der Waals surface area (Å²) in [5.74, 6) is 7.22. The fourth-order valence-corrected chi connectivity index (χ4v) is 4.82. The quantitative estimate of drug-likeness (QED) is 0.644. The molecule has 2 aliphatic rings. The van der Waals surface area contributed by atoms with Crippen LogP contribution in [-0.2, 0) is 6.54 Å². The summed E-state index contributed by atoms with van der Waals surface area (Å²) in [6.07, 6.45) is 9.87. The molecule has 2 aromatic heterocycles. The van der Waals surface area contributed by atoms with Crippen LogP contribution in [0, 0.1) is 23.7 Å². The van der Waals surface area contributed by atoms with Crippen molar-refractivity contribution < 1.29 is 14.6 Å². The minimum Gasteiger partial charge on any atom is -0.472 e. The number of carbonyl (C=O) groups is 1. The number of aliphatic hydroxyl groups excluding tert-OH is 1. The summed E-state index contributed by atoms with van der Waals surface area (Å²) in [6, 6.07) is 5.51. The summed E-state index contributed by atoms with van der Waals surface area (Å²) in [4.78, 5) is 26.1. The van der Waals surface area contributed by atoms with Crippen LogP contribution in [0.1, 0.15) is 61.0 Å². The van der Waals surface area contributed by atoms with Crippen LogP contribution in [-0.4, -0.2) is 69.7 Å². The molecular weight excluding hydrogens is 440 g/mol. The van der Waals surface area contributed by atoms with Crippen LogP contribution < -0.4 is 4.74 Å². The molecule has 1 aliphatic carbocycles. The molecule has 0 bridgehead atoms. The molecule has 0 radical (unpaired) electrons. The van der Waals surface area contributed by atoms with Crippen LogP contribution in [0.15, 0.2) is 36.8 Å². The van der Waals surface area contributed by atoms with Crippen molar-refractivity contribution in [3.63, 3.8) is 0 Å². The molecule has 1 amide bonds. The second-order valence-corrected chi connectivity index (χ2v) is 10.0. The van der Waals surface area contributed by atoms with E-state index in [1.165, 1.54) is 18.4 Å². The molecule has 4 rings (SSSR count). The Bertz CT molecular complexity index is 1060. The predicted octanol–water partition coefficient (Wildman–Crippen LogP) is 3.37. The number of nitrogens with zero attached hydrogens (tertiary/aromatic N) is 4. The molecule has 0 spiro atoms. The highest BCUT2D eigenvalue weighted by molar-refractivity contribution is 5.97. The predicted molar refractivity (Wildman–Crippen MR) is 135 cm³/mol. The van der Waals surface area contributed by atoms with Crippen molar-refractivity contribution in [2.24, 2.45) is 11.8 Å². The van der Waals surface area contributed by atoms with Gasteiger partial charge in [0, 0.05) is 55.6 Å². The molecule has 1 aliphatic heterocycles. The minimum atomic E-state index is -0.306. The number of aliphatic hydroxyl groups is 1. The summed E-state index contributed by atoms with van der Waals surface area (Å²) in [7, 11) is 2.06. The van der Waals surface area contributed by atoms with Gasteiger partial charge in [0.25, 0.3) is 5.91 Å². The van der Waals surface area contributed by atoms with E-state index in [4.69, 9.17) is 4.74 Å². The third kappa shape index (κ3) is 6.39. The van der Waals surface area contributed by atoms with Crippen molar-refractivity contribution in [1.82, 2.24) is 19.8 Å². The first-order valence-corrected chi connectivity index (χ1v) is 12.6. The number of fused-ring (bicyclic) bond motifs is 1. The Balaban J connectivity index is 1.60. The maximum absolute atomic E-state index is 13.5. The van der Waals surface area contributed by atoms with Crippen molar-refractivity contribution >= 4 is 5.91 Å². The van der Waals surface area contributed by atoms with Crippen LogP contribution in [0.4, 0.5) is 0 Å². The monoisotopic (exact) mass is 476 g/mol. The van der Waals surface area contributed by atoms with Crippen molar-refractivity contribution in [3.8, 4) is 17.7 Å². The first-order chi connectivity index (χ1) is 16.9. The van der Waals surface area contributed by atoms with E-state index in [9.17, 15) is 9.90 Å². The number of hydrogen-bond acceptors (Lipinski definition) is 6. The number of likely N-dealkylation sites (N-methyl/N-ethyl adjacent to an activating group) is 1. The largest absolute Gasteiger partial charge is 0.472 e. The molecule has 7 heteroatoms. The molecule has 1 saturated carbocycles. The zero-order valence-electron chi connectivity index (χ0n) is 21.0.